The van der Waals surface area contributed by atoms with Crippen LogP contribution in [-0.4, -0.2) is 11.8 Å². The predicted molar refractivity (Wildman–Crippen MR) is 50.1 cm³/mol. The van der Waals surface area contributed by atoms with Crippen LogP contribution in [0.2, 0.25) is 0 Å². The number of benzene rings is 1. The maximum atomic E-state index is 11.3. The SMILES string of the molecule is O=C1OC(Cl)(CCl)c2ccccc21. The smallest absolute Gasteiger partial charge is 0.340 e. The first kappa shape index (κ1) is 8.85. The fraction of sp³-hybridized carbons (Fsp3) is 0.222. The Morgan fingerprint density at radius 1 is 1.38 bits per heavy atom. The summed E-state index contributed by atoms with van der Waals surface area (Å²) in [5.74, 6) is -0.358. The van der Waals surface area contributed by atoms with E-state index in [0.29, 0.717) is 11.1 Å². The number of carbonyl (C=O) groups excluding carboxylic acids is 1. The molecule has 0 spiro atoms. The van der Waals surface area contributed by atoms with Crippen LogP contribution >= 0.6 is 23.2 Å². The van der Waals surface area contributed by atoms with Gasteiger partial charge in [-0.2, -0.15) is 0 Å². The van der Waals surface area contributed by atoms with Crippen molar-refractivity contribution in [1.29, 1.82) is 0 Å². The molecule has 0 aromatic heterocycles. The highest BCUT2D eigenvalue weighted by atomic mass is 35.5. The minimum absolute atomic E-state index is 0.0529. The lowest BCUT2D eigenvalue weighted by atomic mass is 10.1. The van der Waals surface area contributed by atoms with Gasteiger partial charge in [0.1, 0.15) is 0 Å². The van der Waals surface area contributed by atoms with Gasteiger partial charge < -0.3 is 4.74 Å². The Balaban J connectivity index is 2.59. The first-order chi connectivity index (χ1) is 6.17. The van der Waals surface area contributed by atoms with Gasteiger partial charge in [-0.15, -0.1) is 11.6 Å². The molecule has 2 rings (SSSR count). The summed E-state index contributed by atoms with van der Waals surface area (Å²) in [6.07, 6.45) is 0. The van der Waals surface area contributed by atoms with Crippen molar-refractivity contribution in [3.63, 3.8) is 0 Å². The van der Waals surface area contributed by atoms with Gasteiger partial charge in [-0.25, -0.2) is 4.79 Å². The summed E-state index contributed by atoms with van der Waals surface area (Å²) >= 11 is 11.6. The van der Waals surface area contributed by atoms with E-state index >= 15 is 0 Å². The molecule has 1 aliphatic rings. The normalized spacial score (nSPS) is 25.5. The Hall–Kier alpha value is -0.730. The van der Waals surface area contributed by atoms with Crippen molar-refractivity contribution in [3.8, 4) is 0 Å². The summed E-state index contributed by atoms with van der Waals surface area (Å²) in [4.78, 5) is 11.3. The lowest BCUT2D eigenvalue weighted by molar-refractivity contribution is 0.0324. The Bertz CT molecular complexity index is 364. The number of esters is 1. The van der Waals surface area contributed by atoms with Gasteiger partial charge in [0.2, 0.25) is 5.06 Å². The Labute approximate surface area is 85.4 Å². The highest BCUT2D eigenvalue weighted by molar-refractivity contribution is 6.31. The second kappa shape index (κ2) is 2.89. The van der Waals surface area contributed by atoms with Crippen molar-refractivity contribution in [2.45, 2.75) is 5.06 Å². The number of rotatable bonds is 1. The molecule has 1 aliphatic heterocycles. The van der Waals surface area contributed by atoms with Gasteiger partial charge in [0.15, 0.2) is 0 Å². The number of alkyl halides is 2. The zero-order valence-electron chi connectivity index (χ0n) is 6.59. The van der Waals surface area contributed by atoms with Crippen molar-refractivity contribution < 1.29 is 9.53 Å². The molecule has 2 nitrogen and oxygen atoms in total. The van der Waals surface area contributed by atoms with Crippen LogP contribution in [0.1, 0.15) is 15.9 Å². The van der Waals surface area contributed by atoms with Crippen LogP contribution < -0.4 is 0 Å². The van der Waals surface area contributed by atoms with Gasteiger partial charge in [-0.05, 0) is 6.07 Å². The topological polar surface area (TPSA) is 26.3 Å². The van der Waals surface area contributed by atoms with E-state index in [4.69, 9.17) is 27.9 Å². The molecule has 0 radical (unpaired) electrons. The maximum Gasteiger partial charge on any atom is 0.340 e. The zero-order chi connectivity index (χ0) is 9.47. The van der Waals surface area contributed by atoms with Crippen LogP contribution in [0.4, 0.5) is 0 Å². The van der Waals surface area contributed by atoms with E-state index in [2.05, 4.69) is 0 Å². The van der Waals surface area contributed by atoms with Gasteiger partial charge in [-0.1, -0.05) is 29.8 Å². The molecule has 0 fully saturated rings. The largest absolute Gasteiger partial charge is 0.434 e. The lowest BCUT2D eigenvalue weighted by Gasteiger charge is -2.17. The molecule has 4 heteroatoms. The first-order valence-electron chi connectivity index (χ1n) is 3.75. The van der Waals surface area contributed by atoms with Gasteiger partial charge in [0, 0.05) is 5.56 Å². The van der Waals surface area contributed by atoms with E-state index in [9.17, 15) is 4.79 Å². The fourth-order valence-corrected chi connectivity index (χ4v) is 1.78. The average Bonchev–Trinajstić information content (AvgIpc) is 2.42. The zero-order valence-corrected chi connectivity index (χ0v) is 8.10. The molecule has 1 unspecified atom stereocenters. The second-order valence-corrected chi connectivity index (χ2v) is 3.67. The molecule has 0 saturated heterocycles. The Morgan fingerprint density at radius 3 is 2.77 bits per heavy atom. The van der Waals surface area contributed by atoms with E-state index in [1.165, 1.54) is 0 Å². The number of hydrogen-bond acceptors (Lipinski definition) is 2. The van der Waals surface area contributed by atoms with Crippen molar-refractivity contribution in [1.82, 2.24) is 0 Å². The van der Waals surface area contributed by atoms with Crippen LogP contribution in [0.15, 0.2) is 24.3 Å². The summed E-state index contributed by atoms with van der Waals surface area (Å²) in [7, 11) is 0. The van der Waals surface area contributed by atoms with Gasteiger partial charge >= 0.3 is 5.97 Å². The summed E-state index contributed by atoms with van der Waals surface area (Å²) < 4.78 is 4.96. The molecule has 1 aromatic rings. The van der Waals surface area contributed by atoms with Crippen LogP contribution in [0.3, 0.4) is 0 Å². The predicted octanol–water partition coefficient (Wildman–Crippen LogP) is 2.49. The minimum atomic E-state index is -1.17. The van der Waals surface area contributed by atoms with Gasteiger partial charge in [0.05, 0.1) is 11.4 Å². The third-order valence-electron chi connectivity index (χ3n) is 1.98. The summed E-state index contributed by atoms with van der Waals surface area (Å²) in [6, 6.07) is 6.98. The number of halogens is 2. The molecule has 0 saturated carbocycles. The summed E-state index contributed by atoms with van der Waals surface area (Å²) in [5.41, 5.74) is 1.15. The van der Waals surface area contributed by atoms with E-state index in [-0.39, 0.29) is 5.88 Å². The van der Waals surface area contributed by atoms with Crippen LogP contribution in [-0.2, 0) is 9.80 Å². The lowest BCUT2D eigenvalue weighted by Crippen LogP contribution is -2.20. The van der Waals surface area contributed by atoms with Gasteiger partial charge in [-0.3, -0.25) is 0 Å². The molecule has 1 aromatic carbocycles. The number of hydrogen-bond donors (Lipinski definition) is 0. The fourth-order valence-electron chi connectivity index (χ4n) is 1.34. The van der Waals surface area contributed by atoms with E-state index in [0.717, 1.165) is 0 Å². The van der Waals surface area contributed by atoms with E-state index in [1.54, 1.807) is 24.3 Å². The van der Waals surface area contributed by atoms with Crippen LogP contribution in [0, 0.1) is 0 Å². The Kier molecular flexibility index (Phi) is 1.97. The molecule has 68 valence electrons. The molecule has 13 heavy (non-hydrogen) atoms. The third-order valence-corrected chi connectivity index (χ3v) is 2.90. The molecular formula is C9H6Cl2O2. The van der Waals surface area contributed by atoms with Gasteiger partial charge in [0.25, 0.3) is 0 Å². The average molecular weight is 217 g/mol. The molecule has 0 N–H and O–H groups in total. The number of carbonyl (C=O) groups is 1. The highest BCUT2D eigenvalue weighted by Crippen LogP contribution is 2.40. The number of fused-ring (bicyclic) bond motifs is 1. The summed E-state index contributed by atoms with van der Waals surface area (Å²) in [5, 5.41) is -1.17. The maximum absolute atomic E-state index is 11.3. The van der Waals surface area contributed by atoms with Crippen molar-refractivity contribution in [3.05, 3.63) is 35.4 Å². The van der Waals surface area contributed by atoms with E-state index in [1.807, 2.05) is 0 Å². The second-order valence-electron chi connectivity index (χ2n) is 2.80. The molecule has 0 bridgehead atoms. The van der Waals surface area contributed by atoms with Crippen molar-refractivity contribution >= 4 is 29.2 Å². The van der Waals surface area contributed by atoms with Crippen molar-refractivity contribution in [2.24, 2.45) is 0 Å². The monoisotopic (exact) mass is 216 g/mol. The Morgan fingerprint density at radius 2 is 2.08 bits per heavy atom. The standard InChI is InChI=1S/C9H6Cl2O2/c10-5-9(11)7-4-2-1-3-6(7)8(12)13-9/h1-4H,5H2. The quantitative estimate of drug-likeness (QED) is 0.533. The molecule has 1 atom stereocenters. The molecule has 0 aliphatic carbocycles. The summed E-state index contributed by atoms with van der Waals surface area (Å²) in [6.45, 7) is 0. The third kappa shape index (κ3) is 1.21. The van der Waals surface area contributed by atoms with E-state index < -0.39 is 11.0 Å². The highest BCUT2D eigenvalue weighted by Gasteiger charge is 2.43. The molecule has 0 amide bonds. The number of cyclic esters (lactones) is 1. The van der Waals surface area contributed by atoms with Crippen LogP contribution in [0.5, 0.6) is 0 Å². The molecule has 1 heterocycles. The van der Waals surface area contributed by atoms with Crippen molar-refractivity contribution in [2.75, 3.05) is 5.88 Å². The minimum Gasteiger partial charge on any atom is -0.434 e. The number of ether oxygens (including phenoxy) is 1. The van der Waals surface area contributed by atoms with Crippen LogP contribution in [0.25, 0.3) is 0 Å². The molecular weight excluding hydrogens is 211 g/mol. The first-order valence-corrected chi connectivity index (χ1v) is 4.66.